The van der Waals surface area contributed by atoms with Crippen molar-refractivity contribution in [3.8, 4) is 11.5 Å². The third-order valence-electron chi connectivity index (χ3n) is 8.17. The molecule has 1 saturated heterocycles. The standard InChI is InChI=1S/C24H26BrNO3/c1-26-10-9-24-17-12-16(13-3-6-15(25)7-4-13)21(27)23(24)29-22-19(28-2)8-5-14(20(22)24)11-18(17)26/h3-8,16-18,21,23,27H,9-12H2,1-2H3/t16-,17+,18-,21+,23+,24+/m1/s1. The molecule has 29 heavy (non-hydrogen) atoms. The van der Waals surface area contributed by atoms with Crippen LogP contribution in [0, 0.1) is 5.92 Å². The topological polar surface area (TPSA) is 41.9 Å². The Morgan fingerprint density at radius 2 is 2.00 bits per heavy atom. The molecule has 152 valence electrons. The predicted molar refractivity (Wildman–Crippen MR) is 115 cm³/mol. The third-order valence-corrected chi connectivity index (χ3v) is 8.70. The third kappa shape index (κ3) is 2.27. The summed E-state index contributed by atoms with van der Waals surface area (Å²) in [6.07, 6.45) is 2.34. The molecule has 0 unspecified atom stereocenters. The fourth-order valence-corrected chi connectivity index (χ4v) is 7.16. The van der Waals surface area contributed by atoms with Crippen LogP contribution in [0.4, 0.5) is 0 Å². The zero-order valence-corrected chi connectivity index (χ0v) is 18.4. The Labute approximate surface area is 179 Å². The minimum absolute atomic E-state index is 0.0853. The van der Waals surface area contributed by atoms with E-state index in [1.54, 1.807) is 7.11 Å². The number of rotatable bonds is 2. The summed E-state index contributed by atoms with van der Waals surface area (Å²) < 4.78 is 13.4. The van der Waals surface area contributed by atoms with E-state index in [4.69, 9.17) is 9.47 Å². The summed E-state index contributed by atoms with van der Waals surface area (Å²) in [4.78, 5) is 2.54. The van der Waals surface area contributed by atoms with Gasteiger partial charge in [-0.15, -0.1) is 0 Å². The predicted octanol–water partition coefficient (Wildman–Crippen LogP) is 3.88. The van der Waals surface area contributed by atoms with Gasteiger partial charge in [0, 0.05) is 27.4 Å². The van der Waals surface area contributed by atoms with Crippen LogP contribution in [-0.2, 0) is 11.8 Å². The van der Waals surface area contributed by atoms with Gasteiger partial charge in [-0.3, -0.25) is 0 Å². The second-order valence-corrected chi connectivity index (χ2v) is 10.1. The normalized spacial score (nSPS) is 37.0. The molecule has 1 spiro atoms. The highest BCUT2D eigenvalue weighted by Gasteiger charge is 2.67. The molecule has 4 nitrogen and oxygen atoms in total. The van der Waals surface area contributed by atoms with Gasteiger partial charge in [0.15, 0.2) is 11.5 Å². The highest BCUT2D eigenvalue weighted by molar-refractivity contribution is 9.10. The minimum atomic E-state index is -0.528. The van der Waals surface area contributed by atoms with Crippen molar-refractivity contribution in [3.63, 3.8) is 0 Å². The first-order valence-electron chi connectivity index (χ1n) is 10.6. The van der Waals surface area contributed by atoms with E-state index in [0.29, 0.717) is 12.0 Å². The summed E-state index contributed by atoms with van der Waals surface area (Å²) in [6, 6.07) is 13.2. The van der Waals surface area contributed by atoms with E-state index in [-0.39, 0.29) is 17.4 Å². The molecule has 4 aliphatic rings. The molecular weight excluding hydrogens is 430 g/mol. The number of likely N-dealkylation sites (tertiary alicyclic amines) is 1. The summed E-state index contributed by atoms with van der Waals surface area (Å²) >= 11 is 3.54. The first-order chi connectivity index (χ1) is 14.0. The summed E-state index contributed by atoms with van der Waals surface area (Å²) in [6.45, 7) is 1.05. The van der Waals surface area contributed by atoms with Crippen molar-refractivity contribution in [2.24, 2.45) is 5.92 Å². The van der Waals surface area contributed by atoms with Crippen LogP contribution in [0.25, 0.3) is 0 Å². The SMILES string of the molecule is COc1ccc2c3c1O[C@H]1[C@@H](O)[C@@H](c4ccc(Br)cc4)C[C@H]4[C@@H](C2)N(C)CC[C@@]341. The van der Waals surface area contributed by atoms with Crippen LogP contribution in [-0.4, -0.2) is 49.0 Å². The molecule has 2 bridgehead atoms. The van der Waals surface area contributed by atoms with E-state index in [1.165, 1.54) is 16.7 Å². The van der Waals surface area contributed by atoms with Crippen LogP contribution < -0.4 is 9.47 Å². The van der Waals surface area contributed by atoms with Crippen molar-refractivity contribution in [1.29, 1.82) is 0 Å². The van der Waals surface area contributed by atoms with Crippen molar-refractivity contribution in [1.82, 2.24) is 4.90 Å². The van der Waals surface area contributed by atoms with Crippen LogP contribution in [0.5, 0.6) is 11.5 Å². The van der Waals surface area contributed by atoms with Gasteiger partial charge < -0.3 is 19.5 Å². The maximum Gasteiger partial charge on any atom is 0.165 e. The number of halogens is 1. The van der Waals surface area contributed by atoms with Crippen LogP contribution in [0.15, 0.2) is 40.9 Å². The Kier molecular flexibility index (Phi) is 3.91. The number of nitrogens with zero attached hydrogens (tertiary/aromatic N) is 1. The molecule has 1 saturated carbocycles. The maximum absolute atomic E-state index is 11.6. The minimum Gasteiger partial charge on any atom is -0.493 e. The first-order valence-corrected chi connectivity index (χ1v) is 11.3. The highest BCUT2D eigenvalue weighted by atomic mass is 79.9. The summed E-state index contributed by atoms with van der Waals surface area (Å²) in [5.41, 5.74) is 3.82. The van der Waals surface area contributed by atoms with E-state index < -0.39 is 6.10 Å². The monoisotopic (exact) mass is 455 g/mol. The number of hydrogen-bond donors (Lipinski definition) is 1. The molecule has 2 aliphatic carbocycles. The summed E-state index contributed by atoms with van der Waals surface area (Å²) in [7, 11) is 3.97. The number of aliphatic hydroxyl groups is 1. The van der Waals surface area contributed by atoms with Crippen LogP contribution in [0.1, 0.15) is 35.4 Å². The van der Waals surface area contributed by atoms with Gasteiger partial charge in [0.05, 0.1) is 13.2 Å². The molecular formula is C24H26BrNO3. The quantitative estimate of drug-likeness (QED) is 0.745. The van der Waals surface area contributed by atoms with Crippen molar-refractivity contribution in [2.45, 2.75) is 48.8 Å². The fraction of sp³-hybridized carbons (Fsp3) is 0.500. The van der Waals surface area contributed by atoms with Gasteiger partial charge in [0.2, 0.25) is 0 Å². The summed E-state index contributed by atoms with van der Waals surface area (Å²) in [5.74, 6) is 2.25. The zero-order valence-electron chi connectivity index (χ0n) is 16.8. The van der Waals surface area contributed by atoms with Gasteiger partial charge in [0.25, 0.3) is 0 Å². The molecule has 5 heteroatoms. The second-order valence-electron chi connectivity index (χ2n) is 9.20. The van der Waals surface area contributed by atoms with Crippen LogP contribution in [0.2, 0.25) is 0 Å². The van der Waals surface area contributed by atoms with E-state index in [9.17, 15) is 5.11 Å². The van der Waals surface area contributed by atoms with Gasteiger partial charge in [-0.2, -0.15) is 0 Å². The molecule has 1 N–H and O–H groups in total. The number of aliphatic hydroxyl groups excluding tert-OH is 1. The van der Waals surface area contributed by atoms with E-state index in [0.717, 1.165) is 41.8 Å². The van der Waals surface area contributed by atoms with Crippen molar-refractivity contribution < 1.29 is 14.6 Å². The Morgan fingerprint density at radius 3 is 2.76 bits per heavy atom. The Morgan fingerprint density at radius 1 is 1.21 bits per heavy atom. The number of hydrogen-bond acceptors (Lipinski definition) is 4. The maximum atomic E-state index is 11.6. The molecule has 0 radical (unpaired) electrons. The lowest BCUT2D eigenvalue weighted by Gasteiger charge is -2.60. The fourth-order valence-electron chi connectivity index (χ4n) is 6.90. The van der Waals surface area contributed by atoms with Crippen LogP contribution >= 0.6 is 15.9 Å². The lowest BCUT2D eigenvalue weighted by atomic mass is 9.49. The zero-order chi connectivity index (χ0) is 19.9. The average Bonchev–Trinajstić information content (AvgIpc) is 3.08. The molecule has 2 fully saturated rings. The molecule has 2 heterocycles. The number of ether oxygens (including phenoxy) is 2. The molecule has 2 aromatic rings. The smallest absolute Gasteiger partial charge is 0.165 e. The Hall–Kier alpha value is -1.56. The number of piperidine rings is 1. The Balaban J connectivity index is 1.53. The number of methoxy groups -OCH3 is 1. The van der Waals surface area contributed by atoms with E-state index in [2.05, 4.69) is 58.2 Å². The first kappa shape index (κ1) is 18.2. The molecule has 6 rings (SSSR count). The lowest BCUT2D eigenvalue weighted by Crippen LogP contribution is -2.67. The number of benzene rings is 2. The Bertz CT molecular complexity index is 977. The number of likely N-dealkylation sites (N-methyl/N-ethyl adjacent to an activating group) is 1. The second kappa shape index (κ2) is 6.22. The van der Waals surface area contributed by atoms with Gasteiger partial charge in [0.1, 0.15) is 6.10 Å². The van der Waals surface area contributed by atoms with E-state index >= 15 is 0 Å². The molecule has 0 aromatic heterocycles. The van der Waals surface area contributed by atoms with Crippen molar-refractivity contribution >= 4 is 15.9 Å². The molecule has 0 amide bonds. The lowest BCUT2D eigenvalue weighted by molar-refractivity contribution is -0.110. The average molecular weight is 456 g/mol. The molecule has 2 aliphatic heterocycles. The van der Waals surface area contributed by atoms with Crippen LogP contribution in [0.3, 0.4) is 0 Å². The van der Waals surface area contributed by atoms with Gasteiger partial charge in [-0.05, 0) is 68.1 Å². The molecule has 2 aromatic carbocycles. The highest BCUT2D eigenvalue weighted by Crippen LogP contribution is 2.65. The van der Waals surface area contributed by atoms with Gasteiger partial charge >= 0.3 is 0 Å². The molecule has 6 atom stereocenters. The van der Waals surface area contributed by atoms with Crippen molar-refractivity contribution in [3.05, 3.63) is 57.6 Å². The summed E-state index contributed by atoms with van der Waals surface area (Å²) in [5, 5.41) is 11.6. The van der Waals surface area contributed by atoms with Gasteiger partial charge in [-0.25, -0.2) is 0 Å². The van der Waals surface area contributed by atoms with Gasteiger partial charge in [-0.1, -0.05) is 34.1 Å². The van der Waals surface area contributed by atoms with Crippen molar-refractivity contribution in [2.75, 3.05) is 20.7 Å². The van der Waals surface area contributed by atoms with E-state index in [1.807, 2.05) is 6.07 Å². The largest absolute Gasteiger partial charge is 0.493 e.